The summed E-state index contributed by atoms with van der Waals surface area (Å²) in [5.74, 6) is 0. The molecule has 0 fully saturated rings. The molecule has 1 rings (SSSR count). The van der Waals surface area contributed by atoms with Gasteiger partial charge in [-0.25, -0.2) is 0 Å². The van der Waals surface area contributed by atoms with Crippen LogP contribution in [-0.4, -0.2) is 23.8 Å². The maximum atomic E-state index is 10.4. The molecule has 10 heavy (non-hydrogen) atoms. The summed E-state index contributed by atoms with van der Waals surface area (Å²) in [6.07, 6.45) is 8.59. The topological polar surface area (TPSA) is 20.3 Å². The van der Waals surface area contributed by atoms with Crippen molar-refractivity contribution in [1.29, 1.82) is 0 Å². The molecule has 1 unspecified atom stereocenters. The van der Waals surface area contributed by atoms with E-state index >= 15 is 0 Å². The molecule has 0 spiro atoms. The van der Waals surface area contributed by atoms with E-state index in [-0.39, 0.29) is 6.04 Å². The largest absolute Gasteiger partial charge is 0.365 e. The summed E-state index contributed by atoms with van der Waals surface area (Å²) >= 11 is 0. The highest BCUT2D eigenvalue weighted by Gasteiger charge is 2.09. The van der Waals surface area contributed by atoms with E-state index in [1.165, 1.54) is 0 Å². The van der Waals surface area contributed by atoms with E-state index in [4.69, 9.17) is 0 Å². The Morgan fingerprint density at radius 1 is 1.60 bits per heavy atom. The second-order valence-electron chi connectivity index (χ2n) is 2.18. The van der Waals surface area contributed by atoms with E-state index < -0.39 is 0 Å². The van der Waals surface area contributed by atoms with E-state index in [9.17, 15) is 4.79 Å². The van der Waals surface area contributed by atoms with Crippen LogP contribution in [0, 0.1) is 0 Å². The maximum absolute atomic E-state index is 10.4. The number of nitrogens with zero attached hydrogens (tertiary/aromatic N) is 1. The summed E-state index contributed by atoms with van der Waals surface area (Å²) < 4.78 is 0. The minimum Gasteiger partial charge on any atom is -0.365 e. The summed E-state index contributed by atoms with van der Waals surface area (Å²) in [6, 6.07) is -0.0463. The average molecular weight is 137 g/mol. The number of rotatable bonds is 2. The van der Waals surface area contributed by atoms with Crippen LogP contribution in [-0.2, 0) is 4.79 Å². The summed E-state index contributed by atoms with van der Waals surface area (Å²) in [5.41, 5.74) is 0. The molecule has 1 atom stereocenters. The van der Waals surface area contributed by atoms with Gasteiger partial charge in [0.15, 0.2) is 0 Å². The Morgan fingerprint density at radius 2 is 2.40 bits per heavy atom. The number of hydrogen-bond acceptors (Lipinski definition) is 2. The van der Waals surface area contributed by atoms with E-state index in [1.54, 1.807) is 0 Å². The van der Waals surface area contributed by atoms with Crippen LogP contribution >= 0.6 is 0 Å². The van der Waals surface area contributed by atoms with Gasteiger partial charge in [0, 0.05) is 12.7 Å². The normalized spacial score (nSPS) is 23.3. The van der Waals surface area contributed by atoms with Gasteiger partial charge in [-0.2, -0.15) is 0 Å². The van der Waals surface area contributed by atoms with Crippen molar-refractivity contribution in [3.63, 3.8) is 0 Å². The molecular weight excluding hydrogens is 126 g/mol. The standard InChI is InChI=1S/C8H11NO/c1-2-9-6-4-3-5-8(9)7-10/h3-8H,2H2,1H3. The average Bonchev–Trinajstić information content (AvgIpc) is 2.04. The van der Waals surface area contributed by atoms with Crippen molar-refractivity contribution in [2.75, 3.05) is 6.54 Å². The number of carbonyl (C=O) groups is 1. The summed E-state index contributed by atoms with van der Waals surface area (Å²) in [4.78, 5) is 12.4. The summed E-state index contributed by atoms with van der Waals surface area (Å²) in [6.45, 7) is 2.91. The lowest BCUT2D eigenvalue weighted by molar-refractivity contribution is -0.110. The van der Waals surface area contributed by atoms with Gasteiger partial charge in [0.1, 0.15) is 12.3 Å². The Kier molecular flexibility index (Phi) is 2.26. The van der Waals surface area contributed by atoms with E-state index in [1.807, 2.05) is 36.3 Å². The van der Waals surface area contributed by atoms with Gasteiger partial charge < -0.3 is 9.69 Å². The third-order valence-corrected chi connectivity index (χ3v) is 1.58. The van der Waals surface area contributed by atoms with Crippen molar-refractivity contribution >= 4 is 6.29 Å². The molecule has 1 heterocycles. The molecule has 0 N–H and O–H groups in total. The van der Waals surface area contributed by atoms with Gasteiger partial charge in [0.2, 0.25) is 0 Å². The Labute approximate surface area is 60.8 Å². The zero-order valence-corrected chi connectivity index (χ0v) is 6.03. The fourth-order valence-electron chi connectivity index (χ4n) is 0.988. The van der Waals surface area contributed by atoms with Gasteiger partial charge in [0.25, 0.3) is 0 Å². The molecule has 0 aliphatic carbocycles. The molecular formula is C8H11NO. The number of likely N-dealkylation sites (N-methyl/N-ethyl adjacent to an activating group) is 1. The lowest BCUT2D eigenvalue weighted by atomic mass is 10.2. The lowest BCUT2D eigenvalue weighted by Gasteiger charge is -2.24. The van der Waals surface area contributed by atoms with Crippen molar-refractivity contribution in [3.05, 3.63) is 24.4 Å². The molecule has 2 heteroatoms. The molecule has 54 valence electrons. The SMILES string of the molecule is CCN1C=CC=CC1C=O. The molecule has 0 amide bonds. The van der Waals surface area contributed by atoms with Crippen molar-refractivity contribution in [2.24, 2.45) is 0 Å². The molecule has 0 radical (unpaired) electrons. The number of carbonyl (C=O) groups excluding carboxylic acids is 1. The first kappa shape index (κ1) is 7.06. The molecule has 0 bridgehead atoms. The molecule has 0 saturated carbocycles. The quantitative estimate of drug-likeness (QED) is 0.528. The monoisotopic (exact) mass is 137 g/mol. The summed E-state index contributed by atoms with van der Waals surface area (Å²) in [5, 5.41) is 0. The zero-order chi connectivity index (χ0) is 7.40. The smallest absolute Gasteiger partial charge is 0.146 e. The van der Waals surface area contributed by atoms with E-state index in [2.05, 4.69) is 0 Å². The fraction of sp³-hybridized carbons (Fsp3) is 0.375. The molecule has 2 nitrogen and oxygen atoms in total. The first-order chi connectivity index (χ1) is 4.88. The summed E-state index contributed by atoms with van der Waals surface area (Å²) in [7, 11) is 0. The van der Waals surface area contributed by atoms with Crippen LogP contribution in [0.25, 0.3) is 0 Å². The lowest BCUT2D eigenvalue weighted by Crippen LogP contribution is -2.31. The second-order valence-corrected chi connectivity index (χ2v) is 2.18. The molecule has 1 aliphatic heterocycles. The highest BCUT2D eigenvalue weighted by atomic mass is 16.1. The molecule has 0 aromatic rings. The fourth-order valence-corrected chi connectivity index (χ4v) is 0.988. The predicted molar refractivity (Wildman–Crippen MR) is 40.5 cm³/mol. The van der Waals surface area contributed by atoms with Crippen molar-refractivity contribution in [3.8, 4) is 0 Å². The second kappa shape index (κ2) is 3.20. The molecule has 1 aliphatic rings. The van der Waals surface area contributed by atoms with Gasteiger partial charge in [-0.1, -0.05) is 12.2 Å². The van der Waals surface area contributed by atoms with Crippen molar-refractivity contribution in [2.45, 2.75) is 13.0 Å². The van der Waals surface area contributed by atoms with Gasteiger partial charge in [-0.05, 0) is 13.0 Å². The van der Waals surface area contributed by atoms with Crippen LogP contribution < -0.4 is 0 Å². The first-order valence-corrected chi connectivity index (χ1v) is 3.44. The van der Waals surface area contributed by atoms with Crippen molar-refractivity contribution in [1.82, 2.24) is 4.90 Å². The molecule has 0 saturated heterocycles. The Bertz CT molecular complexity index is 172. The van der Waals surface area contributed by atoms with Crippen molar-refractivity contribution < 1.29 is 4.79 Å². The van der Waals surface area contributed by atoms with Gasteiger partial charge >= 0.3 is 0 Å². The Hall–Kier alpha value is -1.05. The Morgan fingerprint density at radius 3 is 2.90 bits per heavy atom. The van der Waals surface area contributed by atoms with Crippen LogP contribution in [0.3, 0.4) is 0 Å². The maximum Gasteiger partial charge on any atom is 0.146 e. The number of aldehydes is 1. The minimum atomic E-state index is -0.0463. The molecule has 0 aromatic carbocycles. The predicted octanol–water partition coefficient (Wildman–Crippen LogP) is 0.959. The zero-order valence-electron chi connectivity index (χ0n) is 6.03. The highest BCUT2D eigenvalue weighted by Crippen LogP contribution is 2.04. The first-order valence-electron chi connectivity index (χ1n) is 3.44. The van der Waals surface area contributed by atoms with E-state index in [0.29, 0.717) is 0 Å². The molecule has 0 aromatic heterocycles. The van der Waals surface area contributed by atoms with Crippen LogP contribution in [0.1, 0.15) is 6.92 Å². The minimum absolute atomic E-state index is 0.0463. The Balaban J connectivity index is 2.63. The van der Waals surface area contributed by atoms with Gasteiger partial charge in [0.05, 0.1) is 0 Å². The third kappa shape index (κ3) is 1.26. The van der Waals surface area contributed by atoms with Gasteiger partial charge in [-0.15, -0.1) is 0 Å². The highest BCUT2D eigenvalue weighted by molar-refractivity contribution is 5.62. The number of hydrogen-bond donors (Lipinski definition) is 0. The van der Waals surface area contributed by atoms with Crippen LogP contribution in [0.2, 0.25) is 0 Å². The van der Waals surface area contributed by atoms with Crippen LogP contribution in [0.5, 0.6) is 0 Å². The number of allylic oxidation sites excluding steroid dienone is 2. The van der Waals surface area contributed by atoms with Crippen LogP contribution in [0.4, 0.5) is 0 Å². The third-order valence-electron chi connectivity index (χ3n) is 1.58. The van der Waals surface area contributed by atoms with Crippen LogP contribution in [0.15, 0.2) is 24.4 Å². The van der Waals surface area contributed by atoms with E-state index in [0.717, 1.165) is 12.8 Å². The van der Waals surface area contributed by atoms with Gasteiger partial charge in [-0.3, -0.25) is 0 Å².